The molecule has 1 saturated heterocycles. The van der Waals surface area contributed by atoms with Crippen LogP contribution in [0.4, 0.5) is 0 Å². The maximum absolute atomic E-state index is 12.5. The minimum absolute atomic E-state index is 0.0191. The normalized spacial score (nSPS) is 22.2. The maximum Gasteiger partial charge on any atom is 0.272 e. The fourth-order valence-electron chi connectivity index (χ4n) is 2.79. The van der Waals surface area contributed by atoms with Gasteiger partial charge in [-0.3, -0.25) is 4.79 Å². The van der Waals surface area contributed by atoms with Gasteiger partial charge in [0.05, 0.1) is 17.7 Å². The zero-order chi connectivity index (χ0) is 15.0. The number of fused-ring (bicyclic) bond motifs is 1. The van der Waals surface area contributed by atoms with Crippen molar-refractivity contribution in [2.24, 2.45) is 0 Å². The Kier molecular flexibility index (Phi) is 3.61. The number of likely N-dealkylation sites (tertiary alicyclic amines) is 1. The van der Waals surface area contributed by atoms with Crippen LogP contribution in [-0.2, 0) is 0 Å². The van der Waals surface area contributed by atoms with Crippen molar-refractivity contribution in [3.8, 4) is 0 Å². The third-order valence-electron chi connectivity index (χ3n) is 4.03. The molecule has 1 fully saturated rings. The van der Waals surface area contributed by atoms with Crippen molar-refractivity contribution in [3.05, 3.63) is 42.1 Å². The summed E-state index contributed by atoms with van der Waals surface area (Å²) in [4.78, 5) is 20.6. The quantitative estimate of drug-likeness (QED) is 0.894. The Hall–Kier alpha value is -1.98. The number of carbonyl (C=O) groups excluding carboxylic acids is 1. The molecule has 21 heavy (non-hydrogen) atoms. The molecular weight excluding hydrogens is 266 g/mol. The number of nitrogens with zero attached hydrogens (tertiary/aromatic N) is 3. The first-order valence-electron chi connectivity index (χ1n) is 7.06. The summed E-state index contributed by atoms with van der Waals surface area (Å²) in [7, 11) is 3.83. The van der Waals surface area contributed by atoms with E-state index in [-0.39, 0.29) is 11.9 Å². The summed E-state index contributed by atoms with van der Waals surface area (Å²) < 4.78 is 0. The van der Waals surface area contributed by atoms with Crippen molar-refractivity contribution in [2.45, 2.75) is 12.1 Å². The predicted molar refractivity (Wildman–Crippen MR) is 81.1 cm³/mol. The Morgan fingerprint density at radius 1 is 1.24 bits per heavy atom. The fourth-order valence-corrected chi connectivity index (χ4v) is 2.79. The highest BCUT2D eigenvalue weighted by Gasteiger charge is 2.35. The molecule has 3 rings (SSSR count). The molecule has 110 valence electrons. The van der Waals surface area contributed by atoms with E-state index in [1.807, 2.05) is 49.3 Å². The third kappa shape index (κ3) is 2.62. The van der Waals surface area contributed by atoms with E-state index in [0.717, 1.165) is 10.9 Å². The number of hydrogen-bond donors (Lipinski definition) is 1. The fraction of sp³-hybridized carbons (Fsp3) is 0.375. The average molecular weight is 285 g/mol. The molecular formula is C16H19N3O2. The number of amides is 1. The van der Waals surface area contributed by atoms with E-state index >= 15 is 0 Å². The first-order valence-corrected chi connectivity index (χ1v) is 7.06. The van der Waals surface area contributed by atoms with Crippen LogP contribution in [0.3, 0.4) is 0 Å². The second-order valence-corrected chi connectivity index (χ2v) is 5.70. The molecule has 0 bridgehead atoms. The van der Waals surface area contributed by atoms with E-state index in [1.165, 1.54) is 0 Å². The maximum atomic E-state index is 12.5. The van der Waals surface area contributed by atoms with Crippen molar-refractivity contribution in [3.63, 3.8) is 0 Å². The molecule has 1 aromatic heterocycles. The molecule has 1 aliphatic heterocycles. The summed E-state index contributed by atoms with van der Waals surface area (Å²) in [5.74, 6) is -0.121. The number of hydrogen-bond acceptors (Lipinski definition) is 4. The molecule has 5 heteroatoms. The second kappa shape index (κ2) is 5.42. The lowest BCUT2D eigenvalue weighted by Gasteiger charge is -2.21. The van der Waals surface area contributed by atoms with Crippen LogP contribution < -0.4 is 0 Å². The van der Waals surface area contributed by atoms with E-state index in [0.29, 0.717) is 18.8 Å². The predicted octanol–water partition coefficient (Wildman–Crippen LogP) is 0.982. The van der Waals surface area contributed by atoms with Crippen LogP contribution in [0.2, 0.25) is 0 Å². The average Bonchev–Trinajstić information content (AvgIpc) is 2.88. The number of carbonyl (C=O) groups is 1. The monoisotopic (exact) mass is 285 g/mol. The number of aliphatic hydroxyl groups is 1. The minimum atomic E-state index is -0.510. The highest BCUT2D eigenvalue weighted by Crippen LogP contribution is 2.18. The number of β-amino-alcohol motifs (C(OH)–C–C–N with tert-alkyl or cyclic N) is 1. The van der Waals surface area contributed by atoms with Crippen LogP contribution in [0.5, 0.6) is 0 Å². The third-order valence-corrected chi connectivity index (χ3v) is 4.03. The Morgan fingerprint density at radius 2 is 2.00 bits per heavy atom. The van der Waals surface area contributed by atoms with Crippen molar-refractivity contribution >= 4 is 16.8 Å². The largest absolute Gasteiger partial charge is 0.390 e. The molecule has 0 radical (unpaired) electrons. The highest BCUT2D eigenvalue weighted by molar-refractivity contribution is 5.95. The minimum Gasteiger partial charge on any atom is -0.390 e. The van der Waals surface area contributed by atoms with Gasteiger partial charge in [-0.1, -0.05) is 24.3 Å². The first-order chi connectivity index (χ1) is 10.1. The summed E-state index contributed by atoms with van der Waals surface area (Å²) in [5.41, 5.74) is 1.24. The van der Waals surface area contributed by atoms with E-state index in [1.54, 1.807) is 11.0 Å². The van der Waals surface area contributed by atoms with Gasteiger partial charge in [0.25, 0.3) is 5.91 Å². The summed E-state index contributed by atoms with van der Waals surface area (Å²) in [6.07, 6.45) is -0.510. The van der Waals surface area contributed by atoms with Crippen molar-refractivity contribution in [1.29, 1.82) is 0 Å². The summed E-state index contributed by atoms with van der Waals surface area (Å²) in [5, 5.41) is 11.1. The number of rotatable bonds is 2. The standard InChI is InChI=1S/C16H19N3O2/c1-18(2)14-9-19(10-15(14)20)16(21)13-8-7-11-5-3-4-6-12(11)17-13/h3-8,14-15,20H,9-10H2,1-2H3/t14-,15-/m1/s1. The van der Waals surface area contributed by atoms with E-state index < -0.39 is 6.10 Å². The molecule has 0 aliphatic carbocycles. The van der Waals surface area contributed by atoms with Gasteiger partial charge in [-0.05, 0) is 26.2 Å². The molecule has 2 heterocycles. The van der Waals surface area contributed by atoms with Crippen LogP contribution in [0.25, 0.3) is 10.9 Å². The van der Waals surface area contributed by atoms with Gasteiger partial charge in [-0.25, -0.2) is 4.98 Å². The van der Waals surface area contributed by atoms with Crippen LogP contribution >= 0.6 is 0 Å². The SMILES string of the molecule is CN(C)[C@@H]1CN(C(=O)c2ccc3ccccc3n2)C[C@H]1O. The van der Waals surface area contributed by atoms with Crippen LogP contribution in [-0.4, -0.2) is 65.1 Å². The number of para-hydroxylation sites is 1. The van der Waals surface area contributed by atoms with Crippen molar-refractivity contribution in [2.75, 3.05) is 27.2 Å². The zero-order valence-corrected chi connectivity index (χ0v) is 12.2. The van der Waals surface area contributed by atoms with Gasteiger partial charge >= 0.3 is 0 Å². The van der Waals surface area contributed by atoms with Gasteiger partial charge < -0.3 is 14.9 Å². The lowest BCUT2D eigenvalue weighted by molar-refractivity contribution is 0.0758. The summed E-state index contributed by atoms with van der Waals surface area (Å²) >= 11 is 0. The summed E-state index contributed by atoms with van der Waals surface area (Å²) in [6, 6.07) is 11.4. The lowest BCUT2D eigenvalue weighted by Crippen LogP contribution is -2.38. The Labute approximate surface area is 123 Å². The Balaban J connectivity index is 1.84. The van der Waals surface area contributed by atoms with Crippen LogP contribution in [0, 0.1) is 0 Å². The molecule has 2 aromatic rings. The number of benzene rings is 1. The lowest BCUT2D eigenvalue weighted by atomic mass is 10.2. The number of aliphatic hydroxyl groups excluding tert-OH is 1. The van der Waals surface area contributed by atoms with Crippen LogP contribution in [0.15, 0.2) is 36.4 Å². The number of pyridine rings is 1. The Morgan fingerprint density at radius 3 is 2.71 bits per heavy atom. The number of likely N-dealkylation sites (N-methyl/N-ethyl adjacent to an activating group) is 1. The van der Waals surface area contributed by atoms with E-state index in [9.17, 15) is 9.90 Å². The molecule has 1 aromatic carbocycles. The van der Waals surface area contributed by atoms with Gasteiger partial charge in [-0.15, -0.1) is 0 Å². The Bertz CT molecular complexity index is 671. The molecule has 5 nitrogen and oxygen atoms in total. The van der Waals surface area contributed by atoms with Gasteiger partial charge in [0, 0.05) is 18.5 Å². The van der Waals surface area contributed by atoms with Crippen molar-refractivity contribution < 1.29 is 9.90 Å². The smallest absolute Gasteiger partial charge is 0.272 e. The molecule has 1 N–H and O–H groups in total. The van der Waals surface area contributed by atoms with Gasteiger partial charge in [0.2, 0.25) is 0 Å². The van der Waals surface area contributed by atoms with Crippen molar-refractivity contribution in [1.82, 2.24) is 14.8 Å². The van der Waals surface area contributed by atoms with Gasteiger partial charge in [0.15, 0.2) is 0 Å². The zero-order valence-electron chi connectivity index (χ0n) is 12.2. The van der Waals surface area contributed by atoms with E-state index in [2.05, 4.69) is 4.98 Å². The highest BCUT2D eigenvalue weighted by atomic mass is 16.3. The van der Waals surface area contributed by atoms with Crippen LogP contribution in [0.1, 0.15) is 10.5 Å². The molecule has 2 atom stereocenters. The number of aromatic nitrogens is 1. The molecule has 0 unspecified atom stereocenters. The van der Waals surface area contributed by atoms with E-state index in [4.69, 9.17) is 0 Å². The molecule has 1 amide bonds. The molecule has 1 aliphatic rings. The molecule has 0 spiro atoms. The molecule has 0 saturated carbocycles. The van der Waals surface area contributed by atoms with Gasteiger partial charge in [-0.2, -0.15) is 0 Å². The van der Waals surface area contributed by atoms with Gasteiger partial charge in [0.1, 0.15) is 5.69 Å². The first kappa shape index (κ1) is 14.0. The second-order valence-electron chi connectivity index (χ2n) is 5.70. The topological polar surface area (TPSA) is 56.7 Å². The summed E-state index contributed by atoms with van der Waals surface area (Å²) in [6.45, 7) is 0.887.